The van der Waals surface area contributed by atoms with Crippen molar-refractivity contribution >= 4 is 12.0 Å². The summed E-state index contributed by atoms with van der Waals surface area (Å²) in [6.45, 7) is 2.43. The van der Waals surface area contributed by atoms with Crippen molar-refractivity contribution in [1.82, 2.24) is 10.2 Å². The molecule has 0 aromatic rings. The molecule has 0 radical (unpaired) electrons. The van der Waals surface area contributed by atoms with Gasteiger partial charge in [-0.05, 0) is 12.3 Å². The van der Waals surface area contributed by atoms with Gasteiger partial charge in [0.15, 0.2) is 0 Å². The molecule has 2 amide bonds. The normalized spacial score (nSPS) is 26.1. The molecule has 6 nitrogen and oxygen atoms in total. The Morgan fingerprint density at radius 3 is 2.73 bits per heavy atom. The zero-order chi connectivity index (χ0) is 11.4. The lowest BCUT2D eigenvalue weighted by atomic mass is 9.97. The molecule has 1 aliphatic rings. The molecule has 1 fully saturated rings. The first-order chi connectivity index (χ1) is 7.00. The number of urea groups is 1. The molecule has 15 heavy (non-hydrogen) atoms. The predicted molar refractivity (Wildman–Crippen MR) is 52.4 cm³/mol. The van der Waals surface area contributed by atoms with Crippen LogP contribution >= 0.6 is 0 Å². The van der Waals surface area contributed by atoms with Gasteiger partial charge in [0.05, 0.1) is 6.10 Å². The van der Waals surface area contributed by atoms with E-state index in [2.05, 4.69) is 5.32 Å². The molecule has 1 rings (SSSR count). The van der Waals surface area contributed by atoms with Crippen LogP contribution in [0.5, 0.6) is 0 Å². The van der Waals surface area contributed by atoms with Gasteiger partial charge in [-0.15, -0.1) is 0 Å². The van der Waals surface area contributed by atoms with E-state index < -0.39 is 5.97 Å². The molecule has 0 spiro atoms. The van der Waals surface area contributed by atoms with Crippen LogP contribution in [-0.4, -0.2) is 52.9 Å². The third-order valence-corrected chi connectivity index (χ3v) is 2.54. The van der Waals surface area contributed by atoms with Gasteiger partial charge in [-0.3, -0.25) is 4.79 Å². The fourth-order valence-corrected chi connectivity index (χ4v) is 1.58. The SMILES string of the molecule is CC1CN(C(=O)NCC(=O)O)CCC1O. The minimum atomic E-state index is -1.06. The van der Waals surface area contributed by atoms with Gasteiger partial charge in [-0.25, -0.2) is 4.79 Å². The first-order valence-corrected chi connectivity index (χ1v) is 4.93. The number of hydrogen-bond acceptors (Lipinski definition) is 3. The molecule has 0 aliphatic carbocycles. The highest BCUT2D eigenvalue weighted by Gasteiger charge is 2.27. The van der Waals surface area contributed by atoms with Gasteiger partial charge in [-0.1, -0.05) is 6.92 Å². The smallest absolute Gasteiger partial charge is 0.323 e. The second-order valence-corrected chi connectivity index (χ2v) is 3.83. The number of carboxylic acid groups (broad SMARTS) is 1. The van der Waals surface area contributed by atoms with E-state index in [1.54, 1.807) is 0 Å². The van der Waals surface area contributed by atoms with Gasteiger partial charge in [0, 0.05) is 13.1 Å². The molecular formula is C9H16N2O4. The molecule has 0 aromatic carbocycles. The van der Waals surface area contributed by atoms with Crippen LogP contribution in [0.15, 0.2) is 0 Å². The first-order valence-electron chi connectivity index (χ1n) is 4.93. The zero-order valence-corrected chi connectivity index (χ0v) is 8.64. The number of aliphatic hydroxyl groups excluding tert-OH is 1. The van der Waals surface area contributed by atoms with E-state index in [4.69, 9.17) is 5.11 Å². The molecule has 2 unspecified atom stereocenters. The summed E-state index contributed by atoms with van der Waals surface area (Å²) in [5.41, 5.74) is 0. The van der Waals surface area contributed by atoms with Crippen molar-refractivity contribution < 1.29 is 19.8 Å². The number of aliphatic carboxylic acids is 1. The van der Waals surface area contributed by atoms with Crippen LogP contribution in [0.2, 0.25) is 0 Å². The molecule has 6 heteroatoms. The van der Waals surface area contributed by atoms with Crippen molar-refractivity contribution in [2.24, 2.45) is 5.92 Å². The molecule has 1 saturated heterocycles. The highest BCUT2D eigenvalue weighted by Crippen LogP contribution is 2.16. The Hall–Kier alpha value is -1.30. The number of amides is 2. The molecule has 1 heterocycles. The summed E-state index contributed by atoms with van der Waals surface area (Å²) in [6, 6.07) is -0.379. The van der Waals surface area contributed by atoms with Crippen molar-refractivity contribution in [2.75, 3.05) is 19.6 Å². The highest BCUT2D eigenvalue weighted by molar-refractivity contribution is 5.80. The summed E-state index contributed by atoms with van der Waals surface area (Å²) < 4.78 is 0. The molecular weight excluding hydrogens is 200 g/mol. The van der Waals surface area contributed by atoms with Crippen molar-refractivity contribution in [3.8, 4) is 0 Å². The minimum absolute atomic E-state index is 0.0364. The fraction of sp³-hybridized carbons (Fsp3) is 0.778. The molecule has 0 aromatic heterocycles. The van der Waals surface area contributed by atoms with E-state index in [1.807, 2.05) is 6.92 Å². The average molecular weight is 216 g/mol. The number of carbonyl (C=O) groups excluding carboxylic acids is 1. The van der Waals surface area contributed by atoms with Gasteiger partial charge in [0.25, 0.3) is 0 Å². The standard InChI is InChI=1S/C9H16N2O4/c1-6-5-11(3-2-7(6)12)9(15)10-4-8(13)14/h6-7,12H,2-5H2,1H3,(H,10,15)(H,13,14). The summed E-state index contributed by atoms with van der Waals surface area (Å²) in [5, 5.41) is 20.1. The number of aliphatic hydroxyl groups is 1. The zero-order valence-electron chi connectivity index (χ0n) is 8.64. The minimum Gasteiger partial charge on any atom is -0.480 e. The van der Waals surface area contributed by atoms with Crippen LogP contribution < -0.4 is 5.32 Å². The summed E-state index contributed by atoms with van der Waals surface area (Å²) in [5.74, 6) is -1.03. The third-order valence-electron chi connectivity index (χ3n) is 2.54. The summed E-state index contributed by atoms with van der Waals surface area (Å²) in [4.78, 5) is 23.2. The van der Waals surface area contributed by atoms with Gasteiger partial charge in [0.1, 0.15) is 6.54 Å². The van der Waals surface area contributed by atoms with Gasteiger partial charge >= 0.3 is 12.0 Å². The number of rotatable bonds is 2. The quantitative estimate of drug-likeness (QED) is 0.579. The maximum Gasteiger partial charge on any atom is 0.323 e. The van der Waals surface area contributed by atoms with Crippen molar-refractivity contribution in [3.63, 3.8) is 0 Å². The lowest BCUT2D eigenvalue weighted by molar-refractivity contribution is -0.135. The molecule has 86 valence electrons. The summed E-state index contributed by atoms with van der Waals surface area (Å²) in [6.07, 6.45) is 0.176. The van der Waals surface area contributed by atoms with Crippen LogP contribution in [0.3, 0.4) is 0 Å². The second-order valence-electron chi connectivity index (χ2n) is 3.83. The van der Waals surface area contributed by atoms with Gasteiger partial charge in [-0.2, -0.15) is 0 Å². The van der Waals surface area contributed by atoms with Crippen LogP contribution in [0, 0.1) is 5.92 Å². The monoisotopic (exact) mass is 216 g/mol. The first kappa shape index (κ1) is 11.8. The maximum atomic E-state index is 11.4. The summed E-state index contributed by atoms with van der Waals surface area (Å²) in [7, 11) is 0. The number of likely N-dealkylation sites (tertiary alicyclic amines) is 1. The Morgan fingerprint density at radius 1 is 1.53 bits per heavy atom. The average Bonchev–Trinajstić information content (AvgIpc) is 2.18. The maximum absolute atomic E-state index is 11.4. The number of hydrogen-bond donors (Lipinski definition) is 3. The number of carboxylic acids is 1. The van der Waals surface area contributed by atoms with E-state index in [0.717, 1.165) is 0 Å². The van der Waals surface area contributed by atoms with Crippen LogP contribution in [-0.2, 0) is 4.79 Å². The van der Waals surface area contributed by atoms with Crippen LogP contribution in [0.25, 0.3) is 0 Å². The topological polar surface area (TPSA) is 89.9 Å². The van der Waals surface area contributed by atoms with Crippen molar-refractivity contribution in [3.05, 3.63) is 0 Å². The third kappa shape index (κ3) is 3.39. The molecule has 0 bridgehead atoms. The van der Waals surface area contributed by atoms with Crippen molar-refractivity contribution in [1.29, 1.82) is 0 Å². The van der Waals surface area contributed by atoms with Gasteiger partial charge in [0.2, 0.25) is 0 Å². The molecule has 0 saturated carbocycles. The Balaban J connectivity index is 2.37. The molecule has 1 aliphatic heterocycles. The van der Waals surface area contributed by atoms with E-state index in [1.165, 1.54) is 4.90 Å². The largest absolute Gasteiger partial charge is 0.480 e. The van der Waals surface area contributed by atoms with Crippen LogP contribution in [0.4, 0.5) is 4.79 Å². The number of nitrogens with one attached hydrogen (secondary N) is 1. The van der Waals surface area contributed by atoms with E-state index in [-0.39, 0.29) is 24.6 Å². The Kier molecular flexibility index (Phi) is 3.90. The molecule has 2 atom stereocenters. The lowest BCUT2D eigenvalue weighted by Gasteiger charge is -2.34. The molecule has 3 N–H and O–H groups in total. The highest BCUT2D eigenvalue weighted by atomic mass is 16.4. The Labute approximate surface area is 87.9 Å². The van der Waals surface area contributed by atoms with Crippen LogP contribution in [0.1, 0.15) is 13.3 Å². The van der Waals surface area contributed by atoms with Gasteiger partial charge < -0.3 is 20.4 Å². The fourth-order valence-electron chi connectivity index (χ4n) is 1.58. The van der Waals surface area contributed by atoms with E-state index in [9.17, 15) is 14.7 Å². The lowest BCUT2D eigenvalue weighted by Crippen LogP contribution is -2.49. The predicted octanol–water partition coefficient (Wildman–Crippen LogP) is -0.517. The Bertz CT molecular complexity index is 256. The number of carbonyl (C=O) groups is 2. The number of nitrogens with zero attached hydrogens (tertiary/aromatic N) is 1. The van der Waals surface area contributed by atoms with Crippen molar-refractivity contribution in [2.45, 2.75) is 19.4 Å². The number of piperidine rings is 1. The Morgan fingerprint density at radius 2 is 2.20 bits per heavy atom. The second kappa shape index (κ2) is 4.97. The van der Waals surface area contributed by atoms with E-state index in [0.29, 0.717) is 19.5 Å². The summed E-state index contributed by atoms with van der Waals surface area (Å²) >= 11 is 0. The van der Waals surface area contributed by atoms with E-state index >= 15 is 0 Å².